The van der Waals surface area contributed by atoms with Crippen LogP contribution < -0.4 is 16.0 Å². The third-order valence-corrected chi connectivity index (χ3v) is 5.01. The van der Waals surface area contributed by atoms with E-state index in [1.807, 2.05) is 6.92 Å². The second kappa shape index (κ2) is 16.7. The SMILES string of the molecule is CCOCCC(=O)NCCCNC(=O)CCCCO[C@@H]1O[C@H](CO)[C@H](O)[C@H](O)[C@H]1NC(C)=O. The number of carbonyl (C=O) groups is 3. The molecule has 12 nitrogen and oxygen atoms in total. The van der Waals surface area contributed by atoms with Gasteiger partial charge in [-0.15, -0.1) is 0 Å². The largest absolute Gasteiger partial charge is 0.394 e. The molecule has 5 atom stereocenters. The van der Waals surface area contributed by atoms with Gasteiger partial charge in [0.05, 0.1) is 13.2 Å². The van der Waals surface area contributed by atoms with Gasteiger partial charge >= 0.3 is 0 Å². The Bertz CT molecular complexity index is 593. The lowest BCUT2D eigenvalue weighted by Crippen LogP contribution is -2.64. The number of rotatable bonds is 16. The van der Waals surface area contributed by atoms with Crippen molar-refractivity contribution in [3.8, 4) is 0 Å². The van der Waals surface area contributed by atoms with Crippen LogP contribution in [0, 0.1) is 0 Å². The van der Waals surface area contributed by atoms with Crippen LogP contribution in [0.15, 0.2) is 0 Å². The van der Waals surface area contributed by atoms with Crippen LogP contribution in [0.5, 0.6) is 0 Å². The zero-order chi connectivity index (χ0) is 24.6. The molecule has 1 fully saturated rings. The summed E-state index contributed by atoms with van der Waals surface area (Å²) in [5.74, 6) is -0.612. The fourth-order valence-corrected chi connectivity index (χ4v) is 3.23. The molecule has 0 aromatic carbocycles. The molecule has 0 bridgehead atoms. The lowest BCUT2D eigenvalue weighted by Gasteiger charge is -2.42. The molecule has 1 aliphatic heterocycles. The van der Waals surface area contributed by atoms with Crippen LogP contribution in [0.4, 0.5) is 0 Å². The number of aliphatic hydroxyl groups excluding tert-OH is 3. The van der Waals surface area contributed by atoms with E-state index in [1.54, 1.807) is 0 Å². The molecular formula is C21H39N3O9. The molecule has 1 heterocycles. The van der Waals surface area contributed by atoms with Gasteiger partial charge in [-0.1, -0.05) is 0 Å². The van der Waals surface area contributed by atoms with E-state index >= 15 is 0 Å². The Balaban J connectivity index is 2.18. The van der Waals surface area contributed by atoms with Crippen molar-refractivity contribution in [2.75, 3.05) is 39.5 Å². The molecule has 0 spiro atoms. The van der Waals surface area contributed by atoms with Crippen LogP contribution >= 0.6 is 0 Å². The zero-order valence-corrected chi connectivity index (χ0v) is 19.5. The number of unbranched alkanes of at least 4 members (excludes halogenated alkanes) is 1. The van der Waals surface area contributed by atoms with Crippen LogP contribution in [0.3, 0.4) is 0 Å². The van der Waals surface area contributed by atoms with Crippen LogP contribution in [0.1, 0.15) is 46.0 Å². The summed E-state index contributed by atoms with van der Waals surface area (Å²) in [5.41, 5.74) is 0. The van der Waals surface area contributed by atoms with Gasteiger partial charge in [0.1, 0.15) is 24.4 Å². The highest BCUT2D eigenvalue weighted by molar-refractivity contribution is 5.76. The summed E-state index contributed by atoms with van der Waals surface area (Å²) in [4.78, 5) is 34.8. The maximum atomic E-state index is 11.9. The fraction of sp³-hybridized carbons (Fsp3) is 0.857. The minimum absolute atomic E-state index is 0.0789. The number of hydrogen-bond donors (Lipinski definition) is 6. The Labute approximate surface area is 194 Å². The molecule has 0 aromatic rings. The minimum atomic E-state index is -1.36. The molecule has 6 N–H and O–H groups in total. The Kier molecular flexibility index (Phi) is 14.8. The predicted molar refractivity (Wildman–Crippen MR) is 117 cm³/mol. The van der Waals surface area contributed by atoms with Gasteiger partial charge in [0.2, 0.25) is 17.7 Å². The van der Waals surface area contributed by atoms with Gasteiger partial charge in [-0.2, -0.15) is 0 Å². The summed E-state index contributed by atoms with van der Waals surface area (Å²) < 4.78 is 16.2. The minimum Gasteiger partial charge on any atom is -0.394 e. The van der Waals surface area contributed by atoms with E-state index in [2.05, 4.69) is 16.0 Å². The van der Waals surface area contributed by atoms with Crippen LogP contribution in [-0.4, -0.2) is 103 Å². The first-order valence-electron chi connectivity index (χ1n) is 11.4. The summed E-state index contributed by atoms with van der Waals surface area (Å²) in [7, 11) is 0. The normalized spacial score (nSPS) is 24.8. The van der Waals surface area contributed by atoms with E-state index in [4.69, 9.17) is 14.2 Å². The monoisotopic (exact) mass is 477 g/mol. The fourth-order valence-electron chi connectivity index (χ4n) is 3.23. The van der Waals surface area contributed by atoms with Crippen molar-refractivity contribution < 1.29 is 43.9 Å². The maximum absolute atomic E-state index is 11.9. The number of carbonyl (C=O) groups excluding carboxylic acids is 3. The van der Waals surface area contributed by atoms with Crippen LogP contribution in [-0.2, 0) is 28.6 Å². The van der Waals surface area contributed by atoms with E-state index in [0.29, 0.717) is 58.4 Å². The number of nitrogens with one attached hydrogen (secondary N) is 3. The smallest absolute Gasteiger partial charge is 0.222 e. The third kappa shape index (κ3) is 11.7. The Hall–Kier alpha value is -1.83. The molecule has 33 heavy (non-hydrogen) atoms. The van der Waals surface area contributed by atoms with Crippen molar-refractivity contribution in [3.05, 3.63) is 0 Å². The van der Waals surface area contributed by atoms with Crippen molar-refractivity contribution in [2.24, 2.45) is 0 Å². The molecular weight excluding hydrogens is 438 g/mol. The standard InChI is InChI=1S/C21H39N3O9/c1-3-31-12-8-17(28)23-10-6-9-22-16(27)7-4-5-11-32-21-18(24-14(2)26)20(30)19(29)15(13-25)33-21/h15,18-21,25,29-30H,3-13H2,1-2H3,(H,22,27)(H,23,28)(H,24,26)/t15-,18-,19+,20-,21-/m1/s1. The summed E-state index contributed by atoms with van der Waals surface area (Å²) in [6.45, 7) is 4.73. The molecule has 1 saturated heterocycles. The number of hydrogen-bond acceptors (Lipinski definition) is 9. The Morgan fingerprint density at radius 1 is 0.939 bits per heavy atom. The molecule has 1 aliphatic rings. The van der Waals surface area contributed by atoms with Crippen LogP contribution in [0.2, 0.25) is 0 Å². The van der Waals surface area contributed by atoms with Gasteiger partial charge in [0.15, 0.2) is 6.29 Å². The van der Waals surface area contributed by atoms with E-state index in [9.17, 15) is 29.7 Å². The van der Waals surface area contributed by atoms with Crippen molar-refractivity contribution >= 4 is 17.7 Å². The topological polar surface area (TPSA) is 176 Å². The third-order valence-electron chi connectivity index (χ3n) is 5.01. The quantitative estimate of drug-likeness (QED) is 0.140. The lowest BCUT2D eigenvalue weighted by molar-refractivity contribution is -0.270. The number of aliphatic hydroxyl groups is 3. The lowest BCUT2D eigenvalue weighted by atomic mass is 9.97. The molecule has 0 aliphatic carbocycles. The predicted octanol–water partition coefficient (Wildman–Crippen LogP) is -1.83. The Morgan fingerprint density at radius 2 is 1.61 bits per heavy atom. The summed E-state index contributed by atoms with van der Waals surface area (Å²) in [6.07, 6.45) is -2.48. The van der Waals surface area contributed by atoms with Gasteiger partial charge in [0.25, 0.3) is 0 Å². The molecule has 3 amide bonds. The maximum Gasteiger partial charge on any atom is 0.222 e. The van der Waals surface area contributed by atoms with E-state index < -0.39 is 43.2 Å². The van der Waals surface area contributed by atoms with Gasteiger partial charge in [0, 0.05) is 46.1 Å². The van der Waals surface area contributed by atoms with E-state index in [0.717, 1.165) is 0 Å². The zero-order valence-electron chi connectivity index (χ0n) is 19.5. The van der Waals surface area contributed by atoms with Crippen molar-refractivity contribution in [2.45, 2.75) is 76.6 Å². The molecule has 12 heteroatoms. The van der Waals surface area contributed by atoms with Crippen molar-refractivity contribution in [3.63, 3.8) is 0 Å². The van der Waals surface area contributed by atoms with Crippen molar-refractivity contribution in [1.82, 2.24) is 16.0 Å². The highest BCUT2D eigenvalue weighted by atomic mass is 16.7. The highest BCUT2D eigenvalue weighted by Gasteiger charge is 2.45. The summed E-state index contributed by atoms with van der Waals surface area (Å²) >= 11 is 0. The first-order valence-corrected chi connectivity index (χ1v) is 11.4. The number of ether oxygens (including phenoxy) is 3. The van der Waals surface area contributed by atoms with Gasteiger partial charge in [-0.25, -0.2) is 0 Å². The van der Waals surface area contributed by atoms with E-state index in [-0.39, 0.29) is 18.4 Å². The van der Waals surface area contributed by atoms with Crippen molar-refractivity contribution in [1.29, 1.82) is 0 Å². The molecule has 0 aromatic heterocycles. The highest BCUT2D eigenvalue weighted by Crippen LogP contribution is 2.22. The Morgan fingerprint density at radius 3 is 2.21 bits per heavy atom. The summed E-state index contributed by atoms with van der Waals surface area (Å²) in [5, 5.41) is 37.5. The molecule has 0 radical (unpaired) electrons. The average molecular weight is 478 g/mol. The van der Waals surface area contributed by atoms with Gasteiger partial charge < -0.3 is 45.5 Å². The molecule has 1 rings (SSSR count). The first kappa shape index (κ1) is 29.2. The second-order valence-corrected chi connectivity index (χ2v) is 7.76. The second-order valence-electron chi connectivity index (χ2n) is 7.76. The molecule has 192 valence electrons. The van der Waals surface area contributed by atoms with Gasteiger partial charge in [-0.3, -0.25) is 14.4 Å². The first-order chi connectivity index (χ1) is 15.8. The summed E-state index contributed by atoms with van der Waals surface area (Å²) in [6, 6.07) is -0.983. The van der Waals surface area contributed by atoms with Gasteiger partial charge in [-0.05, 0) is 26.2 Å². The van der Waals surface area contributed by atoms with Crippen LogP contribution in [0.25, 0.3) is 0 Å². The average Bonchev–Trinajstić information content (AvgIpc) is 2.77. The molecule has 0 unspecified atom stereocenters. The molecule has 0 saturated carbocycles. The number of amides is 3. The van der Waals surface area contributed by atoms with E-state index in [1.165, 1.54) is 6.92 Å².